The molecule has 0 spiro atoms. The Morgan fingerprint density at radius 2 is 0.718 bits per heavy atom. The fourth-order valence-electron chi connectivity index (χ4n) is 9.97. The summed E-state index contributed by atoms with van der Waals surface area (Å²) in [6.45, 7) is 4.56. The van der Waals surface area contributed by atoms with Gasteiger partial charge in [0, 0.05) is 6.42 Å². The third-order valence-corrected chi connectivity index (χ3v) is 16.4. The van der Waals surface area contributed by atoms with Gasteiger partial charge >= 0.3 is 0 Å². The average Bonchev–Trinajstić information content (AvgIpc) is 3.49. The Kier molecular flexibility index (Phi) is 63.0. The summed E-state index contributed by atoms with van der Waals surface area (Å²) in [7, 11) is 1.25. The molecule has 0 aliphatic heterocycles. The van der Waals surface area contributed by atoms with Gasteiger partial charge in [-0.2, -0.15) is 0 Å². The monoisotopic (exact) mass is 1200 g/mol. The van der Waals surface area contributed by atoms with E-state index in [2.05, 4.69) is 129 Å². The van der Waals surface area contributed by atoms with Crippen molar-refractivity contribution in [3.63, 3.8) is 0 Å². The molecule has 0 saturated carbocycles. The highest BCUT2D eigenvalue weighted by atomic mass is 31.2. The molecule has 85 heavy (non-hydrogen) atoms. The first kappa shape index (κ1) is 81.9. The number of hydrogen-bond acceptors (Lipinski definition) is 6. The number of hydrogen-bond donors (Lipinski definition) is 2. The van der Waals surface area contributed by atoms with Crippen LogP contribution in [0.25, 0.3) is 0 Å². The summed E-state index contributed by atoms with van der Waals surface area (Å²) in [6, 6.07) is -0.897. The lowest BCUT2D eigenvalue weighted by atomic mass is 10.0. The molecule has 9 heteroatoms. The van der Waals surface area contributed by atoms with Crippen LogP contribution in [0.4, 0.5) is 0 Å². The summed E-state index contributed by atoms with van der Waals surface area (Å²) < 4.78 is 23.5. The van der Waals surface area contributed by atoms with Gasteiger partial charge in [0.2, 0.25) is 5.91 Å². The van der Waals surface area contributed by atoms with Crippen molar-refractivity contribution in [1.29, 1.82) is 0 Å². The highest BCUT2D eigenvalue weighted by molar-refractivity contribution is 7.45. The van der Waals surface area contributed by atoms with E-state index in [1.807, 2.05) is 27.2 Å². The number of phosphoric acid groups is 1. The third-order valence-electron chi connectivity index (χ3n) is 15.4. The lowest BCUT2D eigenvalue weighted by Gasteiger charge is -2.29. The third kappa shape index (κ3) is 68.3. The topological polar surface area (TPSA) is 108 Å². The predicted octanol–water partition coefficient (Wildman–Crippen LogP) is 22.2. The number of amides is 1. The second kappa shape index (κ2) is 65.3. The van der Waals surface area contributed by atoms with Gasteiger partial charge < -0.3 is 28.8 Å². The van der Waals surface area contributed by atoms with Crippen molar-refractivity contribution < 1.29 is 32.9 Å². The molecule has 0 heterocycles. The van der Waals surface area contributed by atoms with Crippen LogP contribution in [-0.4, -0.2) is 68.5 Å². The maximum absolute atomic E-state index is 13.0. The van der Waals surface area contributed by atoms with Gasteiger partial charge in [-0.15, -0.1) is 0 Å². The van der Waals surface area contributed by atoms with Crippen molar-refractivity contribution in [2.24, 2.45) is 0 Å². The highest BCUT2D eigenvalue weighted by Crippen LogP contribution is 2.38. The molecule has 490 valence electrons. The van der Waals surface area contributed by atoms with Gasteiger partial charge in [0.05, 0.1) is 39.9 Å². The molecule has 0 bridgehead atoms. The van der Waals surface area contributed by atoms with E-state index in [1.54, 1.807) is 6.08 Å². The van der Waals surface area contributed by atoms with E-state index in [0.717, 1.165) is 103 Å². The number of phosphoric ester groups is 1. The first-order valence-electron chi connectivity index (χ1n) is 35.4. The number of aliphatic hydroxyl groups is 1. The van der Waals surface area contributed by atoms with Gasteiger partial charge in [-0.3, -0.25) is 9.36 Å². The maximum atomic E-state index is 13.0. The number of nitrogens with one attached hydrogen (secondary N) is 1. The van der Waals surface area contributed by atoms with Gasteiger partial charge in [-0.05, 0) is 89.9 Å². The fourth-order valence-corrected chi connectivity index (χ4v) is 10.7. The van der Waals surface area contributed by atoms with E-state index >= 15 is 0 Å². The average molecular weight is 1200 g/mol. The van der Waals surface area contributed by atoms with Crippen molar-refractivity contribution in [1.82, 2.24) is 5.32 Å². The van der Waals surface area contributed by atoms with Gasteiger partial charge in [0.25, 0.3) is 7.82 Å². The van der Waals surface area contributed by atoms with E-state index in [1.165, 1.54) is 180 Å². The second-order valence-electron chi connectivity index (χ2n) is 24.9. The Bertz CT molecular complexity index is 1800. The van der Waals surface area contributed by atoms with E-state index in [4.69, 9.17) is 9.05 Å². The Morgan fingerprint density at radius 3 is 1.05 bits per heavy atom. The Morgan fingerprint density at radius 1 is 0.424 bits per heavy atom. The number of likely N-dealkylation sites (N-methyl/N-ethyl adjacent to an activating group) is 1. The molecule has 0 rings (SSSR count). The largest absolute Gasteiger partial charge is 0.756 e. The summed E-state index contributed by atoms with van der Waals surface area (Å²) in [4.78, 5) is 25.6. The van der Waals surface area contributed by atoms with Crippen LogP contribution in [0.15, 0.2) is 122 Å². The zero-order valence-corrected chi connectivity index (χ0v) is 56.9. The van der Waals surface area contributed by atoms with Crippen LogP contribution < -0.4 is 10.2 Å². The quantitative estimate of drug-likeness (QED) is 0.0272. The van der Waals surface area contributed by atoms with E-state index in [9.17, 15) is 19.4 Å². The van der Waals surface area contributed by atoms with Crippen LogP contribution >= 0.6 is 7.82 Å². The normalized spacial score (nSPS) is 14.4. The maximum Gasteiger partial charge on any atom is 0.268 e. The number of carbonyl (C=O) groups is 1. The van der Waals surface area contributed by atoms with Gasteiger partial charge in [-0.1, -0.05) is 328 Å². The molecule has 0 saturated heterocycles. The predicted molar refractivity (Wildman–Crippen MR) is 371 cm³/mol. The van der Waals surface area contributed by atoms with Gasteiger partial charge in [0.1, 0.15) is 13.2 Å². The van der Waals surface area contributed by atoms with E-state index < -0.39 is 20.0 Å². The zero-order valence-electron chi connectivity index (χ0n) is 56.0. The Balaban J connectivity index is 4.11. The zero-order chi connectivity index (χ0) is 61.9. The first-order chi connectivity index (χ1) is 41.5. The summed E-state index contributed by atoms with van der Waals surface area (Å²) in [6.07, 6.45) is 97.4. The minimum atomic E-state index is -4.61. The van der Waals surface area contributed by atoms with E-state index in [-0.39, 0.29) is 19.1 Å². The number of carbonyl (C=O) groups excluding carboxylic acids is 1. The molecule has 1 amide bonds. The Labute approximate surface area is 526 Å². The standard InChI is InChI=1S/C76H135N2O6P/c1-6-8-10-12-14-16-18-20-22-24-26-28-30-32-33-34-35-36-37-38-39-40-41-42-43-44-45-46-48-50-52-54-56-58-60-62-64-66-68-70-76(80)77-74(73-84-85(81,82)83-72-71-78(3,4)5)75(79)69-67-65-63-61-59-57-55-53-51-49-47-31-29-27-25-23-21-19-17-15-13-11-9-7-2/h8,10,14,16,20,22,26,28,32-33,35-36,38-39,41-42,44-45,67,69,74-75,79H,6-7,9,11-13,15,17-19,21,23-25,27,29-31,34,37,40,43,46-66,68,70-73H2,1-5H3,(H-,77,80,81,82)/b10-8-,16-14-,22-20-,28-26-,33-32-,36-35-,39-38-,42-41-,45-44-,69-67+. The summed E-state index contributed by atoms with van der Waals surface area (Å²) in [5.41, 5.74) is 0. The molecular weight excluding hydrogens is 1070 g/mol. The Hall–Kier alpha value is -3.10. The van der Waals surface area contributed by atoms with Crippen molar-refractivity contribution in [3.05, 3.63) is 122 Å². The fraction of sp³-hybridized carbons (Fsp3) is 0.724. The first-order valence-corrected chi connectivity index (χ1v) is 36.9. The van der Waals surface area contributed by atoms with E-state index in [0.29, 0.717) is 17.4 Å². The molecule has 2 N–H and O–H groups in total. The van der Waals surface area contributed by atoms with Crippen LogP contribution in [0.5, 0.6) is 0 Å². The van der Waals surface area contributed by atoms with Crippen LogP contribution in [0, 0.1) is 0 Å². The van der Waals surface area contributed by atoms with Gasteiger partial charge in [-0.25, -0.2) is 0 Å². The lowest BCUT2D eigenvalue weighted by molar-refractivity contribution is -0.870. The van der Waals surface area contributed by atoms with Crippen molar-refractivity contribution in [2.75, 3.05) is 40.9 Å². The number of unbranched alkanes of at least 4 members (excludes halogenated alkanes) is 33. The molecule has 0 aromatic carbocycles. The minimum absolute atomic E-state index is 0.00585. The van der Waals surface area contributed by atoms with Crippen molar-refractivity contribution >= 4 is 13.7 Å². The van der Waals surface area contributed by atoms with Crippen LogP contribution in [0.2, 0.25) is 0 Å². The van der Waals surface area contributed by atoms with Crippen molar-refractivity contribution in [3.8, 4) is 0 Å². The SMILES string of the molecule is CC/C=C\C/C=C\C/C=C\C/C=C\C/C=C\C/C=C\C/C=C\C/C=C\C/C=C\CCCCCCCCCCCCCC(=O)NC(COP(=O)([O-])OCC[N+](C)(C)C)C(O)/C=C/CCCCCCCCCCCCCCCCCCCCCCCC. The molecule has 0 aromatic rings. The van der Waals surface area contributed by atoms with Crippen molar-refractivity contribution in [2.45, 2.75) is 315 Å². The molecule has 3 atom stereocenters. The molecule has 0 aromatic heterocycles. The summed E-state index contributed by atoms with van der Waals surface area (Å²) in [5, 5.41) is 14.0. The number of rotatable bonds is 64. The number of allylic oxidation sites excluding steroid dienone is 19. The number of nitrogens with zero attached hydrogens (tertiary/aromatic N) is 1. The molecule has 8 nitrogen and oxygen atoms in total. The van der Waals surface area contributed by atoms with Gasteiger partial charge in [0.15, 0.2) is 0 Å². The highest BCUT2D eigenvalue weighted by Gasteiger charge is 2.23. The van der Waals surface area contributed by atoms with Crippen LogP contribution in [-0.2, 0) is 18.4 Å². The summed E-state index contributed by atoms with van der Waals surface area (Å²) in [5.74, 6) is -0.202. The molecule has 0 aliphatic rings. The molecule has 0 radical (unpaired) electrons. The number of aliphatic hydroxyl groups excluding tert-OH is 1. The molecule has 3 unspecified atom stereocenters. The minimum Gasteiger partial charge on any atom is -0.756 e. The smallest absolute Gasteiger partial charge is 0.268 e. The lowest BCUT2D eigenvalue weighted by Crippen LogP contribution is -2.45. The molecule has 0 fully saturated rings. The number of quaternary nitrogens is 1. The summed E-state index contributed by atoms with van der Waals surface area (Å²) >= 11 is 0. The molecule has 0 aliphatic carbocycles. The van der Waals surface area contributed by atoms with Crippen LogP contribution in [0.3, 0.4) is 0 Å². The van der Waals surface area contributed by atoms with Crippen LogP contribution in [0.1, 0.15) is 303 Å². The molecular formula is C76H135N2O6P. The second-order valence-corrected chi connectivity index (χ2v) is 26.3.